The van der Waals surface area contributed by atoms with Crippen molar-refractivity contribution >= 4 is 27.7 Å². The topological polar surface area (TPSA) is 107 Å². The van der Waals surface area contributed by atoms with Crippen LogP contribution in [-0.4, -0.2) is 28.0 Å². The van der Waals surface area contributed by atoms with Crippen LogP contribution >= 0.6 is 0 Å². The maximum atomic E-state index is 12.7. The molecule has 0 radical (unpaired) electrons. The van der Waals surface area contributed by atoms with Crippen molar-refractivity contribution in [3.05, 3.63) is 78.3 Å². The van der Waals surface area contributed by atoms with E-state index in [1.165, 1.54) is 55.8 Å². The number of nitrogens with one attached hydrogen (secondary N) is 2. The quantitative estimate of drug-likeness (QED) is 0.427. The molecule has 1 heterocycles. The predicted octanol–water partition coefficient (Wildman–Crippen LogP) is 4.02. The van der Waals surface area contributed by atoms with Crippen LogP contribution in [0.1, 0.15) is 11.3 Å². The number of carbonyl (C=O) groups is 1. The van der Waals surface area contributed by atoms with Gasteiger partial charge in [-0.05, 0) is 42.5 Å². The van der Waals surface area contributed by atoms with E-state index in [9.17, 15) is 22.0 Å². The van der Waals surface area contributed by atoms with Crippen LogP contribution < -0.4 is 19.5 Å². The Labute approximate surface area is 188 Å². The van der Waals surface area contributed by atoms with Crippen LogP contribution in [-0.2, 0) is 21.4 Å². The highest BCUT2D eigenvalue weighted by atomic mass is 32.2. The molecular formula is C22H20F2N2O6S. The molecule has 0 saturated heterocycles. The lowest BCUT2D eigenvalue weighted by atomic mass is 10.1. The monoisotopic (exact) mass is 478 g/mol. The molecule has 2 aromatic carbocycles. The average Bonchev–Trinajstić information content (AvgIpc) is 3.31. The molecule has 1 aromatic heterocycles. The second kappa shape index (κ2) is 10.7. The molecule has 0 aliphatic rings. The van der Waals surface area contributed by atoms with Gasteiger partial charge >= 0.3 is 6.61 Å². The minimum atomic E-state index is -3.86. The fourth-order valence-electron chi connectivity index (χ4n) is 2.79. The number of para-hydroxylation sites is 1. The predicted molar refractivity (Wildman–Crippen MR) is 116 cm³/mol. The third-order valence-electron chi connectivity index (χ3n) is 4.28. The van der Waals surface area contributed by atoms with Gasteiger partial charge in [0.15, 0.2) is 11.5 Å². The lowest BCUT2D eigenvalue weighted by Gasteiger charge is -2.12. The second-order valence-electron chi connectivity index (χ2n) is 6.51. The first-order chi connectivity index (χ1) is 15.8. The van der Waals surface area contributed by atoms with E-state index < -0.39 is 22.5 Å². The molecule has 33 heavy (non-hydrogen) atoms. The SMILES string of the molecule is COc1cccc(/C=C/C(=O)Nc2cccc(S(=O)(=O)NCc3ccco3)c2)c1OC(F)F. The van der Waals surface area contributed by atoms with Crippen LogP contribution in [0, 0.1) is 0 Å². The van der Waals surface area contributed by atoms with E-state index in [1.807, 2.05) is 0 Å². The highest BCUT2D eigenvalue weighted by Gasteiger charge is 2.16. The Morgan fingerprint density at radius 1 is 1.15 bits per heavy atom. The summed E-state index contributed by atoms with van der Waals surface area (Å²) < 4.78 is 67.5. The molecule has 2 N–H and O–H groups in total. The standard InChI is InChI=1S/C22H20F2N2O6S/c1-30-19-9-2-5-15(21(19)32-22(23)24)10-11-20(27)26-16-6-3-8-18(13-16)33(28,29)25-14-17-7-4-12-31-17/h2-13,22,25H,14H2,1H3,(H,26,27)/b11-10+. The van der Waals surface area contributed by atoms with Gasteiger partial charge in [0.2, 0.25) is 15.9 Å². The third kappa shape index (κ3) is 6.64. The van der Waals surface area contributed by atoms with Crippen LogP contribution in [0.25, 0.3) is 6.08 Å². The number of alkyl halides is 2. The molecule has 3 rings (SSSR count). The van der Waals surface area contributed by atoms with Crippen LogP contribution in [0.5, 0.6) is 11.5 Å². The van der Waals surface area contributed by atoms with Gasteiger partial charge in [0.25, 0.3) is 0 Å². The van der Waals surface area contributed by atoms with Crippen LogP contribution in [0.15, 0.2) is 76.2 Å². The normalized spacial score (nSPS) is 11.6. The van der Waals surface area contributed by atoms with E-state index in [0.29, 0.717) is 5.76 Å². The Bertz CT molecular complexity index is 1230. The minimum absolute atomic E-state index is 0.0295. The summed E-state index contributed by atoms with van der Waals surface area (Å²) in [5.74, 6) is -0.299. The first-order valence-corrected chi connectivity index (χ1v) is 11.0. The molecule has 0 spiro atoms. The van der Waals surface area contributed by atoms with Crippen LogP contribution in [0.2, 0.25) is 0 Å². The number of sulfonamides is 1. The highest BCUT2D eigenvalue weighted by molar-refractivity contribution is 7.89. The van der Waals surface area contributed by atoms with E-state index in [1.54, 1.807) is 18.2 Å². The van der Waals surface area contributed by atoms with Crippen LogP contribution in [0.4, 0.5) is 14.5 Å². The van der Waals surface area contributed by atoms with Gasteiger partial charge in [-0.25, -0.2) is 13.1 Å². The number of halogens is 2. The molecule has 0 aliphatic heterocycles. The lowest BCUT2D eigenvalue weighted by molar-refractivity contribution is -0.111. The first kappa shape index (κ1) is 24.0. The molecule has 0 unspecified atom stereocenters. The Morgan fingerprint density at radius 2 is 1.94 bits per heavy atom. The summed E-state index contributed by atoms with van der Waals surface area (Å²) in [5, 5.41) is 2.53. The summed E-state index contributed by atoms with van der Waals surface area (Å²) in [4.78, 5) is 12.3. The van der Waals surface area contributed by atoms with E-state index in [2.05, 4.69) is 14.8 Å². The van der Waals surface area contributed by atoms with Gasteiger partial charge in [-0.3, -0.25) is 4.79 Å². The second-order valence-corrected chi connectivity index (χ2v) is 8.28. The average molecular weight is 478 g/mol. The van der Waals surface area contributed by atoms with Crippen molar-refractivity contribution in [3.63, 3.8) is 0 Å². The molecule has 0 saturated carbocycles. The van der Waals surface area contributed by atoms with Gasteiger partial charge in [0.1, 0.15) is 5.76 Å². The van der Waals surface area contributed by atoms with Gasteiger partial charge in [-0.2, -0.15) is 8.78 Å². The molecule has 1 amide bonds. The fraction of sp³-hybridized carbons (Fsp3) is 0.136. The van der Waals surface area contributed by atoms with Crippen molar-refractivity contribution in [2.45, 2.75) is 18.1 Å². The third-order valence-corrected chi connectivity index (χ3v) is 5.68. The van der Waals surface area contributed by atoms with Crippen molar-refractivity contribution in [3.8, 4) is 11.5 Å². The zero-order chi connectivity index (χ0) is 23.8. The van der Waals surface area contributed by atoms with Crippen molar-refractivity contribution in [1.29, 1.82) is 0 Å². The summed E-state index contributed by atoms with van der Waals surface area (Å²) >= 11 is 0. The highest BCUT2D eigenvalue weighted by Crippen LogP contribution is 2.33. The van der Waals surface area contributed by atoms with E-state index >= 15 is 0 Å². The van der Waals surface area contributed by atoms with Gasteiger partial charge in [0.05, 0.1) is 24.8 Å². The van der Waals surface area contributed by atoms with Crippen molar-refractivity contribution < 1.29 is 35.9 Å². The molecule has 11 heteroatoms. The van der Waals surface area contributed by atoms with Crippen molar-refractivity contribution in [1.82, 2.24) is 4.72 Å². The summed E-state index contributed by atoms with van der Waals surface area (Å²) in [6.07, 6.45) is 3.81. The molecule has 8 nitrogen and oxygen atoms in total. The van der Waals surface area contributed by atoms with Gasteiger partial charge in [-0.15, -0.1) is 0 Å². The summed E-state index contributed by atoms with van der Waals surface area (Å²) in [7, 11) is -2.55. The molecule has 174 valence electrons. The van der Waals surface area contributed by atoms with E-state index in [0.717, 1.165) is 6.08 Å². The minimum Gasteiger partial charge on any atom is -0.493 e. The zero-order valence-corrected chi connectivity index (χ0v) is 18.1. The number of methoxy groups -OCH3 is 1. The fourth-order valence-corrected chi connectivity index (χ4v) is 3.83. The molecule has 0 aliphatic carbocycles. The summed E-state index contributed by atoms with van der Waals surface area (Å²) in [6, 6.07) is 13.4. The maximum absolute atomic E-state index is 12.7. The molecule has 0 fully saturated rings. The Hall–Kier alpha value is -3.70. The number of hydrogen-bond donors (Lipinski definition) is 2. The van der Waals surface area contributed by atoms with E-state index in [4.69, 9.17) is 9.15 Å². The lowest BCUT2D eigenvalue weighted by Crippen LogP contribution is -2.23. The van der Waals surface area contributed by atoms with E-state index in [-0.39, 0.29) is 34.2 Å². The van der Waals surface area contributed by atoms with Crippen molar-refractivity contribution in [2.24, 2.45) is 0 Å². The van der Waals surface area contributed by atoms with Crippen molar-refractivity contribution in [2.75, 3.05) is 12.4 Å². The Morgan fingerprint density at radius 3 is 2.64 bits per heavy atom. The van der Waals surface area contributed by atoms with Gasteiger partial charge in [-0.1, -0.05) is 18.2 Å². The number of furan rings is 1. The molecule has 0 atom stereocenters. The summed E-state index contributed by atoms with van der Waals surface area (Å²) in [6.45, 7) is -3.11. The smallest absolute Gasteiger partial charge is 0.387 e. The number of amides is 1. The molecule has 3 aromatic rings. The largest absolute Gasteiger partial charge is 0.493 e. The summed E-state index contributed by atoms with van der Waals surface area (Å²) in [5.41, 5.74) is 0.420. The Balaban J connectivity index is 1.71. The Kier molecular flexibility index (Phi) is 7.80. The van der Waals surface area contributed by atoms with Gasteiger partial charge in [0, 0.05) is 17.3 Å². The number of carbonyl (C=O) groups excluding carboxylic acids is 1. The number of ether oxygens (including phenoxy) is 2. The van der Waals surface area contributed by atoms with Gasteiger partial charge < -0.3 is 19.2 Å². The maximum Gasteiger partial charge on any atom is 0.387 e. The zero-order valence-electron chi connectivity index (χ0n) is 17.3. The number of rotatable bonds is 10. The number of benzene rings is 2. The molecular weight excluding hydrogens is 458 g/mol. The number of hydrogen-bond acceptors (Lipinski definition) is 6. The first-order valence-electron chi connectivity index (χ1n) is 9.51. The number of anilines is 1. The van der Waals surface area contributed by atoms with Crippen LogP contribution in [0.3, 0.4) is 0 Å². The molecule has 0 bridgehead atoms.